The molecule has 0 fully saturated rings. The van der Waals surface area contributed by atoms with Gasteiger partial charge in [-0.25, -0.2) is 0 Å². The molecule has 2 aromatic rings. The number of phenolic OH excluding ortho intramolecular Hbond substituents is 2. The Bertz CT molecular complexity index is 1840. The van der Waals surface area contributed by atoms with Crippen LogP contribution in [0.25, 0.3) is 0 Å². The summed E-state index contributed by atoms with van der Waals surface area (Å²) in [7, 11) is -9.46. The van der Waals surface area contributed by atoms with Crippen molar-refractivity contribution in [2.45, 2.75) is 349 Å². The third-order valence-corrected chi connectivity index (χ3v) is 16.9. The van der Waals surface area contributed by atoms with Crippen molar-refractivity contribution in [3.63, 3.8) is 0 Å². The number of unbranched alkanes of at least 4 members (excludes halogenated alkanes) is 30. The summed E-state index contributed by atoms with van der Waals surface area (Å²) in [4.78, 5) is 47.2. The molecule has 12 heteroatoms. The second-order valence-corrected chi connectivity index (χ2v) is 30.3. The van der Waals surface area contributed by atoms with E-state index >= 15 is 0 Å². The first kappa shape index (κ1) is 79.4. The van der Waals surface area contributed by atoms with Crippen molar-refractivity contribution < 1.29 is 71.9 Å². The van der Waals surface area contributed by atoms with E-state index in [1.165, 1.54) is 180 Å². The molecule has 8 nitrogen and oxygen atoms in total. The molecular weight excluding hydrogens is 1100 g/mol. The van der Waals surface area contributed by atoms with Crippen molar-refractivity contribution in [3.05, 3.63) is 56.6 Å². The molecule has 0 saturated heterocycles. The molecule has 2 rings (SSSR count). The average molecular weight is 1220 g/mol. The minimum absolute atomic E-state index is 0. The molecule has 0 aliphatic heterocycles. The van der Waals surface area contributed by atoms with E-state index in [1.807, 2.05) is 83.1 Å². The molecule has 0 radical (unpaired) electrons. The minimum Gasteiger partial charge on any atom is -0.810 e. The molecule has 0 amide bonds. The fraction of sp³-hybridized carbons (Fsp3) is 0.818. The van der Waals surface area contributed by atoms with Gasteiger partial charge in [0.2, 0.25) is 0 Å². The summed E-state index contributed by atoms with van der Waals surface area (Å²) in [6, 6.07) is 3.55. The third kappa shape index (κ3) is 34.8. The predicted octanol–water partition coefficient (Wildman–Crippen LogP) is 18.4. The SMILES string of the molecule is CCCCCCCCCCCCCCCCCCc1c(CP(=O)([O-])[O-])cc(C(C)(C)C)c(O)c1C(C)(C)C.CCCCCCCCCCCCCCCCCCc1c(CP(=O)([O-])[O-])cc(C(C)(C)C)c(O)c1C(C)(C)C.[Ni+2].[Ni+2]. The molecule has 0 aliphatic carbocycles. The number of phenols is 2. The van der Waals surface area contributed by atoms with Crippen LogP contribution in [0.4, 0.5) is 0 Å². The Morgan fingerprint density at radius 2 is 0.538 bits per heavy atom. The predicted molar refractivity (Wildman–Crippen MR) is 320 cm³/mol. The normalized spacial score (nSPS) is 12.5. The number of hydrogen-bond acceptors (Lipinski definition) is 8. The zero-order chi connectivity index (χ0) is 57.6. The van der Waals surface area contributed by atoms with Gasteiger partial charge >= 0.3 is 33.0 Å². The third-order valence-electron chi connectivity index (χ3n) is 15.4. The summed E-state index contributed by atoms with van der Waals surface area (Å²) in [5, 5.41) is 22.5. The van der Waals surface area contributed by atoms with Gasteiger partial charge in [0.05, 0.1) is 0 Å². The molecule has 2 aromatic carbocycles. The Labute approximate surface area is 501 Å². The summed E-state index contributed by atoms with van der Waals surface area (Å²) in [5.74, 6) is 0.513. The monoisotopic (exact) mass is 1220 g/mol. The maximum Gasteiger partial charge on any atom is 2.00 e. The Kier molecular flexibility index (Phi) is 41.3. The maximum atomic E-state index is 11.8. The van der Waals surface area contributed by atoms with Crippen molar-refractivity contribution >= 4 is 15.2 Å². The number of rotatable bonds is 38. The summed E-state index contributed by atoms with van der Waals surface area (Å²) >= 11 is 0. The molecule has 0 aliphatic rings. The van der Waals surface area contributed by atoms with Gasteiger partial charge in [0, 0.05) is 23.5 Å². The molecule has 0 bridgehead atoms. The minimum atomic E-state index is -4.73. The largest absolute Gasteiger partial charge is 2.00 e. The molecule has 78 heavy (non-hydrogen) atoms. The molecule has 0 saturated carbocycles. The van der Waals surface area contributed by atoms with Gasteiger partial charge in [-0.2, -0.15) is 0 Å². The van der Waals surface area contributed by atoms with Crippen molar-refractivity contribution in [3.8, 4) is 11.5 Å². The van der Waals surface area contributed by atoms with Crippen molar-refractivity contribution in [1.29, 1.82) is 0 Å². The van der Waals surface area contributed by atoms with Crippen molar-refractivity contribution in [2.24, 2.45) is 0 Å². The zero-order valence-corrected chi connectivity index (χ0v) is 56.2. The van der Waals surface area contributed by atoms with Crippen molar-refractivity contribution in [2.75, 3.05) is 0 Å². The maximum absolute atomic E-state index is 11.8. The van der Waals surface area contributed by atoms with Gasteiger partial charge in [-0.3, -0.25) is 0 Å². The van der Waals surface area contributed by atoms with Crippen LogP contribution in [0.3, 0.4) is 0 Å². The molecule has 2 N–H and O–H groups in total. The number of aromatic hydroxyl groups is 2. The zero-order valence-electron chi connectivity index (χ0n) is 52.5. The van der Waals surface area contributed by atoms with Crippen LogP contribution in [-0.2, 0) is 88.9 Å². The molecule has 0 aromatic heterocycles. The van der Waals surface area contributed by atoms with E-state index < -0.39 is 27.5 Å². The summed E-state index contributed by atoms with van der Waals surface area (Å²) in [6.07, 6.45) is 42.1. The topological polar surface area (TPSA) is 167 Å². The first-order valence-electron chi connectivity index (χ1n) is 31.2. The average Bonchev–Trinajstić information content (AvgIpc) is 3.27. The second kappa shape index (κ2) is 40.6. The van der Waals surface area contributed by atoms with Crippen LogP contribution in [0, 0.1) is 0 Å². The fourth-order valence-corrected chi connectivity index (χ4v) is 12.7. The molecule has 0 heterocycles. The molecule has 0 spiro atoms. The van der Waals surface area contributed by atoms with Gasteiger partial charge in [0.25, 0.3) is 0 Å². The van der Waals surface area contributed by atoms with Crippen LogP contribution in [0.2, 0.25) is 0 Å². The fourth-order valence-electron chi connectivity index (χ4n) is 11.3. The summed E-state index contributed by atoms with van der Waals surface area (Å²) in [5.41, 5.74) is 4.45. The van der Waals surface area contributed by atoms with Crippen molar-refractivity contribution in [1.82, 2.24) is 0 Å². The van der Waals surface area contributed by atoms with E-state index in [4.69, 9.17) is 0 Å². The summed E-state index contributed by atoms with van der Waals surface area (Å²) < 4.78 is 23.6. The van der Waals surface area contributed by atoms with E-state index in [1.54, 1.807) is 12.1 Å². The van der Waals surface area contributed by atoms with Gasteiger partial charge in [-0.15, -0.1) is 0 Å². The van der Waals surface area contributed by atoms with Crippen LogP contribution < -0.4 is 19.6 Å². The Hall–Kier alpha value is -0.673. The Morgan fingerprint density at radius 1 is 0.346 bits per heavy atom. The van der Waals surface area contributed by atoms with Crippen LogP contribution in [-0.4, -0.2) is 10.2 Å². The molecule has 0 unspecified atom stereocenters. The van der Waals surface area contributed by atoms with Crippen LogP contribution in [0.15, 0.2) is 12.1 Å². The van der Waals surface area contributed by atoms with Gasteiger partial charge in [0.1, 0.15) is 11.5 Å². The van der Waals surface area contributed by atoms with Gasteiger partial charge < -0.3 is 38.9 Å². The van der Waals surface area contributed by atoms with Crippen LogP contribution in [0.1, 0.15) is 347 Å². The standard InChI is InChI=1S/2C33H61O4P.2Ni/c2*1-8-9-10-11-12-13-14-15-16-17-18-19-20-21-22-23-24-28-27(26-38(35,36)37)25-29(32(2,3)4)31(34)30(28)33(5,6)7;;/h2*25,34H,8-24,26H2,1-7H3,(H2,35,36,37);;/q;;2*+2/p-4. The van der Waals surface area contributed by atoms with E-state index in [0.29, 0.717) is 35.1 Å². The molecular formula is C66H118Ni2O8P2. The van der Waals surface area contributed by atoms with E-state index in [9.17, 15) is 38.9 Å². The molecule has 460 valence electrons. The van der Waals surface area contributed by atoms with Crippen LogP contribution in [0.5, 0.6) is 11.5 Å². The quantitative estimate of drug-likeness (QED) is 0.0381. The first-order valence-corrected chi connectivity index (χ1v) is 34.6. The second-order valence-electron chi connectivity index (χ2n) is 27.2. The van der Waals surface area contributed by atoms with E-state index in [0.717, 1.165) is 47.9 Å². The Morgan fingerprint density at radius 3 is 0.705 bits per heavy atom. The number of hydrogen-bond donors (Lipinski definition) is 2. The summed E-state index contributed by atoms with van der Waals surface area (Å²) in [6.45, 7) is 28.8. The van der Waals surface area contributed by atoms with E-state index in [-0.39, 0.29) is 66.1 Å². The Balaban J connectivity index is 0. The van der Waals surface area contributed by atoms with Crippen LogP contribution >= 0.6 is 15.2 Å². The van der Waals surface area contributed by atoms with Gasteiger partial charge in [-0.05, 0) is 80.7 Å². The number of benzene rings is 2. The van der Waals surface area contributed by atoms with E-state index in [2.05, 4.69) is 13.8 Å². The molecule has 0 atom stereocenters. The smallest absolute Gasteiger partial charge is 0.810 e. The first-order chi connectivity index (χ1) is 35.4. The van der Waals surface area contributed by atoms with Gasteiger partial charge in [0.15, 0.2) is 0 Å². The van der Waals surface area contributed by atoms with Gasteiger partial charge in [-0.1, -0.05) is 317 Å².